The molecule has 2 rings (SSSR count). The molecule has 1 aromatic rings. The van der Waals surface area contributed by atoms with Gasteiger partial charge >= 0.3 is 0 Å². The highest BCUT2D eigenvalue weighted by molar-refractivity contribution is 5.43. The summed E-state index contributed by atoms with van der Waals surface area (Å²) in [6, 6.07) is 4.35. The first-order valence-corrected chi connectivity index (χ1v) is 6.89. The molecular weight excluding hydrogens is 224 g/mol. The van der Waals surface area contributed by atoms with Gasteiger partial charge in [-0.2, -0.15) is 0 Å². The Balaban J connectivity index is 2.08. The molecule has 18 heavy (non-hydrogen) atoms. The van der Waals surface area contributed by atoms with Gasteiger partial charge < -0.3 is 14.5 Å². The minimum absolute atomic E-state index is 1.01. The van der Waals surface area contributed by atoms with Gasteiger partial charge in [0.15, 0.2) is 0 Å². The zero-order valence-electron chi connectivity index (χ0n) is 12.1. The highest BCUT2D eigenvalue weighted by atomic mass is 16.5. The summed E-state index contributed by atoms with van der Waals surface area (Å²) >= 11 is 0. The van der Waals surface area contributed by atoms with E-state index in [1.54, 1.807) is 16.9 Å². The first-order chi connectivity index (χ1) is 8.61. The van der Waals surface area contributed by atoms with E-state index >= 15 is 0 Å². The van der Waals surface area contributed by atoms with E-state index in [9.17, 15) is 0 Å². The highest BCUT2D eigenvalue weighted by Crippen LogP contribution is 2.23. The van der Waals surface area contributed by atoms with E-state index in [1.807, 2.05) is 0 Å². The molecule has 0 unspecified atom stereocenters. The third kappa shape index (κ3) is 2.85. The molecule has 0 spiro atoms. The van der Waals surface area contributed by atoms with Crippen LogP contribution in [0, 0.1) is 13.8 Å². The first-order valence-electron chi connectivity index (χ1n) is 6.89. The predicted molar refractivity (Wildman–Crippen MR) is 73.5 cm³/mol. The van der Waals surface area contributed by atoms with Crippen LogP contribution in [0.5, 0.6) is 5.75 Å². The second-order valence-corrected chi connectivity index (χ2v) is 5.56. The summed E-state index contributed by atoms with van der Waals surface area (Å²) < 4.78 is 5.37. The summed E-state index contributed by atoms with van der Waals surface area (Å²) in [5.74, 6) is 1.01. The molecule has 0 aliphatic carbocycles. The summed E-state index contributed by atoms with van der Waals surface area (Å²) in [6.07, 6.45) is 0. The molecule has 3 nitrogen and oxygen atoms in total. The lowest BCUT2D eigenvalue weighted by Gasteiger charge is -2.28. The van der Waals surface area contributed by atoms with Gasteiger partial charge in [-0.1, -0.05) is 0 Å². The minimum atomic E-state index is 1.01. The third-order valence-corrected chi connectivity index (χ3v) is 4.32. The van der Waals surface area contributed by atoms with Gasteiger partial charge in [-0.05, 0) is 37.1 Å². The van der Waals surface area contributed by atoms with Crippen molar-refractivity contribution >= 4 is 0 Å². The van der Waals surface area contributed by atoms with Gasteiger partial charge in [-0.15, -0.1) is 0 Å². The van der Waals surface area contributed by atoms with Gasteiger partial charge in [0.25, 0.3) is 0 Å². The van der Waals surface area contributed by atoms with E-state index < -0.39 is 0 Å². The lowest BCUT2D eigenvalue weighted by molar-refractivity contribution is -1.01. The number of hydrogen-bond donors (Lipinski definition) is 2. The van der Waals surface area contributed by atoms with Crippen LogP contribution in [-0.2, 0) is 6.54 Å². The van der Waals surface area contributed by atoms with Gasteiger partial charge in [0, 0.05) is 5.56 Å². The molecule has 100 valence electrons. The molecule has 0 atom stereocenters. The summed E-state index contributed by atoms with van der Waals surface area (Å²) in [6.45, 7) is 10.7. The monoisotopic (exact) mass is 250 g/mol. The Morgan fingerprint density at radius 2 is 1.72 bits per heavy atom. The van der Waals surface area contributed by atoms with Gasteiger partial charge in [-0.3, -0.25) is 0 Å². The fraction of sp³-hybridized carbons (Fsp3) is 0.600. The fourth-order valence-corrected chi connectivity index (χ4v) is 2.74. The van der Waals surface area contributed by atoms with Crippen molar-refractivity contribution in [3.8, 4) is 5.75 Å². The van der Waals surface area contributed by atoms with E-state index in [4.69, 9.17) is 4.74 Å². The molecule has 1 heterocycles. The lowest BCUT2D eigenvalue weighted by Crippen LogP contribution is -3.26. The number of ether oxygens (including phenoxy) is 1. The summed E-state index contributed by atoms with van der Waals surface area (Å²) in [7, 11) is 4.04. The molecule has 3 heteroatoms. The largest absolute Gasteiger partial charge is 0.496 e. The van der Waals surface area contributed by atoms with E-state index in [1.165, 1.54) is 42.9 Å². The van der Waals surface area contributed by atoms with E-state index in [-0.39, 0.29) is 0 Å². The van der Waals surface area contributed by atoms with Crippen molar-refractivity contribution in [1.82, 2.24) is 0 Å². The number of benzene rings is 1. The smallest absolute Gasteiger partial charge is 0.127 e. The average molecular weight is 250 g/mol. The number of methoxy groups -OCH3 is 1. The van der Waals surface area contributed by atoms with Crippen LogP contribution in [0.2, 0.25) is 0 Å². The minimum Gasteiger partial charge on any atom is -0.496 e. The maximum Gasteiger partial charge on any atom is 0.127 e. The standard InChI is InChI=1S/C15H24N2O/c1-12-13(2)15(18-4)6-5-14(12)11-17-9-7-16(3)8-10-17/h5-6H,7-11H2,1-4H3/p+2. The number of likely N-dealkylation sites (N-methyl/N-ethyl adjacent to an activating group) is 1. The van der Waals surface area contributed by atoms with Crippen molar-refractivity contribution in [2.24, 2.45) is 0 Å². The van der Waals surface area contributed by atoms with E-state index in [0.29, 0.717) is 0 Å². The van der Waals surface area contributed by atoms with Crippen LogP contribution < -0.4 is 14.5 Å². The van der Waals surface area contributed by atoms with Crippen LogP contribution in [0.4, 0.5) is 0 Å². The van der Waals surface area contributed by atoms with Gasteiger partial charge in [0.05, 0.1) is 14.2 Å². The molecule has 1 aliphatic rings. The molecule has 2 N–H and O–H groups in total. The Bertz CT molecular complexity index is 409. The van der Waals surface area contributed by atoms with E-state index in [2.05, 4.69) is 33.0 Å². The molecule has 0 bridgehead atoms. The zero-order chi connectivity index (χ0) is 13.1. The number of hydrogen-bond acceptors (Lipinski definition) is 1. The van der Waals surface area contributed by atoms with Crippen molar-refractivity contribution in [3.05, 3.63) is 28.8 Å². The lowest BCUT2D eigenvalue weighted by atomic mass is 10.0. The maximum atomic E-state index is 5.37. The Hall–Kier alpha value is -1.06. The second-order valence-electron chi connectivity index (χ2n) is 5.56. The van der Waals surface area contributed by atoms with Crippen LogP contribution in [0.1, 0.15) is 16.7 Å². The number of piperazine rings is 1. The number of rotatable bonds is 3. The fourth-order valence-electron chi connectivity index (χ4n) is 2.74. The van der Waals surface area contributed by atoms with Gasteiger partial charge in [0.1, 0.15) is 38.5 Å². The quantitative estimate of drug-likeness (QED) is 0.721. The molecule has 1 aromatic carbocycles. The average Bonchev–Trinajstić information content (AvgIpc) is 2.38. The Kier molecular flexibility index (Phi) is 4.25. The molecular formula is C15H26N2O+2. The maximum absolute atomic E-state index is 5.37. The van der Waals surface area contributed by atoms with Crippen molar-refractivity contribution in [2.45, 2.75) is 20.4 Å². The highest BCUT2D eigenvalue weighted by Gasteiger charge is 2.21. The molecule has 0 amide bonds. The summed E-state index contributed by atoms with van der Waals surface area (Å²) in [5, 5.41) is 0. The SMILES string of the molecule is COc1ccc(C[NH+]2CC[NH+](C)CC2)c(C)c1C. The Labute approximate surface area is 110 Å². The van der Waals surface area contributed by atoms with Gasteiger partial charge in [0.2, 0.25) is 0 Å². The summed E-state index contributed by atoms with van der Waals surface area (Å²) in [5.41, 5.74) is 4.16. The van der Waals surface area contributed by atoms with Crippen molar-refractivity contribution in [1.29, 1.82) is 0 Å². The van der Waals surface area contributed by atoms with Crippen LogP contribution >= 0.6 is 0 Å². The normalized spacial score (nSPS) is 24.0. The van der Waals surface area contributed by atoms with Gasteiger partial charge in [-0.25, -0.2) is 0 Å². The second kappa shape index (κ2) is 5.72. The zero-order valence-corrected chi connectivity index (χ0v) is 12.1. The van der Waals surface area contributed by atoms with Crippen molar-refractivity contribution < 1.29 is 14.5 Å². The number of nitrogens with one attached hydrogen (secondary N) is 2. The van der Waals surface area contributed by atoms with Crippen LogP contribution in [-0.4, -0.2) is 40.3 Å². The summed E-state index contributed by atoms with van der Waals surface area (Å²) in [4.78, 5) is 3.38. The Morgan fingerprint density at radius 3 is 2.33 bits per heavy atom. The Morgan fingerprint density at radius 1 is 1.06 bits per heavy atom. The molecule has 1 saturated heterocycles. The van der Waals surface area contributed by atoms with Crippen molar-refractivity contribution in [3.63, 3.8) is 0 Å². The molecule has 1 fully saturated rings. The van der Waals surface area contributed by atoms with Crippen LogP contribution in [0.15, 0.2) is 12.1 Å². The van der Waals surface area contributed by atoms with Crippen molar-refractivity contribution in [2.75, 3.05) is 40.3 Å². The first kappa shape index (κ1) is 13.4. The van der Waals surface area contributed by atoms with Crippen LogP contribution in [0.3, 0.4) is 0 Å². The topological polar surface area (TPSA) is 18.1 Å². The number of quaternary nitrogens is 2. The molecule has 1 aliphatic heterocycles. The molecule has 0 radical (unpaired) electrons. The van der Waals surface area contributed by atoms with Crippen LogP contribution in [0.25, 0.3) is 0 Å². The molecule has 0 aromatic heterocycles. The third-order valence-electron chi connectivity index (χ3n) is 4.32. The van der Waals surface area contributed by atoms with E-state index in [0.717, 1.165) is 12.3 Å². The predicted octanol–water partition coefficient (Wildman–Crippen LogP) is -0.775. The molecule has 0 saturated carbocycles.